The first kappa shape index (κ1) is 10.7. The molecule has 0 aromatic carbocycles. The van der Waals surface area contributed by atoms with Crippen LogP contribution in [0.3, 0.4) is 0 Å². The van der Waals surface area contributed by atoms with Gasteiger partial charge < -0.3 is 14.8 Å². The molecule has 1 aliphatic rings. The van der Waals surface area contributed by atoms with Gasteiger partial charge in [-0.05, 0) is 25.0 Å². The summed E-state index contributed by atoms with van der Waals surface area (Å²) >= 11 is 0. The SMILES string of the molecule is O[C@H]1CCCC[C@@H]1NCCc1ccco1. The lowest BCUT2D eigenvalue weighted by Crippen LogP contribution is -2.42. The maximum absolute atomic E-state index is 9.74. The molecule has 15 heavy (non-hydrogen) atoms. The van der Waals surface area contributed by atoms with E-state index in [0.29, 0.717) is 0 Å². The normalized spacial score (nSPS) is 26.7. The van der Waals surface area contributed by atoms with Gasteiger partial charge in [-0.1, -0.05) is 12.8 Å². The molecule has 2 rings (SSSR count). The highest BCUT2D eigenvalue weighted by molar-refractivity contribution is 4.98. The second-order valence-electron chi connectivity index (χ2n) is 4.24. The van der Waals surface area contributed by atoms with E-state index in [4.69, 9.17) is 4.42 Å². The molecule has 2 atom stereocenters. The van der Waals surface area contributed by atoms with Gasteiger partial charge in [-0.25, -0.2) is 0 Å². The van der Waals surface area contributed by atoms with Gasteiger partial charge in [-0.3, -0.25) is 0 Å². The Kier molecular flexibility index (Phi) is 3.80. The summed E-state index contributed by atoms with van der Waals surface area (Å²) in [6, 6.07) is 4.18. The molecule has 1 heterocycles. The Hall–Kier alpha value is -0.800. The molecule has 3 heteroatoms. The monoisotopic (exact) mass is 209 g/mol. The van der Waals surface area contributed by atoms with Crippen LogP contribution in [0.15, 0.2) is 22.8 Å². The molecule has 0 unspecified atom stereocenters. The van der Waals surface area contributed by atoms with Crippen molar-refractivity contribution in [3.8, 4) is 0 Å². The Balaban J connectivity index is 1.68. The van der Waals surface area contributed by atoms with E-state index in [2.05, 4.69) is 5.32 Å². The lowest BCUT2D eigenvalue weighted by Gasteiger charge is -2.28. The van der Waals surface area contributed by atoms with Crippen molar-refractivity contribution in [2.24, 2.45) is 0 Å². The van der Waals surface area contributed by atoms with E-state index in [1.54, 1.807) is 6.26 Å². The molecule has 1 aromatic rings. The highest BCUT2D eigenvalue weighted by Crippen LogP contribution is 2.18. The fraction of sp³-hybridized carbons (Fsp3) is 0.667. The van der Waals surface area contributed by atoms with E-state index < -0.39 is 0 Å². The van der Waals surface area contributed by atoms with Gasteiger partial charge in [0.15, 0.2) is 0 Å². The van der Waals surface area contributed by atoms with Crippen molar-refractivity contribution in [1.82, 2.24) is 5.32 Å². The summed E-state index contributed by atoms with van der Waals surface area (Å²) in [4.78, 5) is 0. The van der Waals surface area contributed by atoms with Crippen LogP contribution in [0.25, 0.3) is 0 Å². The van der Waals surface area contributed by atoms with Gasteiger partial charge >= 0.3 is 0 Å². The van der Waals surface area contributed by atoms with Gasteiger partial charge in [0.25, 0.3) is 0 Å². The molecule has 1 aromatic heterocycles. The summed E-state index contributed by atoms with van der Waals surface area (Å²) in [7, 11) is 0. The Labute approximate surface area is 90.5 Å². The molecule has 0 bridgehead atoms. The minimum absolute atomic E-state index is 0.157. The fourth-order valence-electron chi connectivity index (χ4n) is 2.18. The summed E-state index contributed by atoms with van der Waals surface area (Å²) < 4.78 is 5.25. The van der Waals surface area contributed by atoms with Gasteiger partial charge in [-0.15, -0.1) is 0 Å². The zero-order chi connectivity index (χ0) is 10.5. The van der Waals surface area contributed by atoms with Crippen LogP contribution in [-0.4, -0.2) is 23.8 Å². The van der Waals surface area contributed by atoms with E-state index in [-0.39, 0.29) is 12.1 Å². The van der Waals surface area contributed by atoms with Crippen LogP contribution in [-0.2, 0) is 6.42 Å². The van der Waals surface area contributed by atoms with E-state index in [1.165, 1.54) is 6.42 Å². The fourth-order valence-corrected chi connectivity index (χ4v) is 2.18. The second-order valence-corrected chi connectivity index (χ2v) is 4.24. The third-order valence-electron chi connectivity index (χ3n) is 3.09. The second kappa shape index (κ2) is 5.33. The molecule has 0 spiro atoms. The van der Waals surface area contributed by atoms with Crippen LogP contribution in [0.1, 0.15) is 31.4 Å². The number of hydrogen-bond donors (Lipinski definition) is 2. The minimum atomic E-state index is -0.157. The van der Waals surface area contributed by atoms with Crippen LogP contribution in [0.4, 0.5) is 0 Å². The predicted octanol–water partition coefficient (Wildman–Crippen LogP) is 1.72. The Morgan fingerprint density at radius 1 is 1.40 bits per heavy atom. The minimum Gasteiger partial charge on any atom is -0.469 e. The molecule has 1 fully saturated rings. The van der Waals surface area contributed by atoms with Crippen molar-refractivity contribution in [1.29, 1.82) is 0 Å². The Bertz CT molecular complexity index is 271. The lowest BCUT2D eigenvalue weighted by atomic mass is 9.92. The van der Waals surface area contributed by atoms with E-state index in [9.17, 15) is 5.11 Å². The largest absolute Gasteiger partial charge is 0.469 e. The summed E-state index contributed by atoms with van der Waals surface area (Å²) in [5.41, 5.74) is 0. The molecule has 1 saturated carbocycles. The quantitative estimate of drug-likeness (QED) is 0.793. The molecule has 0 aliphatic heterocycles. The lowest BCUT2D eigenvalue weighted by molar-refractivity contribution is 0.0912. The van der Waals surface area contributed by atoms with Gasteiger partial charge in [0.1, 0.15) is 5.76 Å². The van der Waals surface area contributed by atoms with Gasteiger partial charge in [0, 0.05) is 19.0 Å². The van der Waals surface area contributed by atoms with Crippen LogP contribution in [0, 0.1) is 0 Å². The topological polar surface area (TPSA) is 45.4 Å². The number of hydrogen-bond acceptors (Lipinski definition) is 3. The summed E-state index contributed by atoms with van der Waals surface area (Å²) in [5, 5.41) is 13.1. The maximum Gasteiger partial charge on any atom is 0.105 e. The summed E-state index contributed by atoms with van der Waals surface area (Å²) in [5.74, 6) is 1.01. The average molecular weight is 209 g/mol. The average Bonchev–Trinajstić information content (AvgIpc) is 2.74. The Morgan fingerprint density at radius 2 is 2.27 bits per heavy atom. The molecule has 0 radical (unpaired) electrons. The van der Waals surface area contributed by atoms with Gasteiger partial charge in [-0.2, -0.15) is 0 Å². The number of furan rings is 1. The van der Waals surface area contributed by atoms with Crippen LogP contribution in [0.5, 0.6) is 0 Å². The van der Waals surface area contributed by atoms with Crippen molar-refractivity contribution in [3.63, 3.8) is 0 Å². The first-order chi connectivity index (χ1) is 7.36. The maximum atomic E-state index is 9.74. The summed E-state index contributed by atoms with van der Waals surface area (Å²) in [6.45, 7) is 0.884. The summed E-state index contributed by atoms with van der Waals surface area (Å²) in [6.07, 6.45) is 6.88. The Morgan fingerprint density at radius 3 is 3.00 bits per heavy atom. The molecule has 84 valence electrons. The van der Waals surface area contributed by atoms with Crippen molar-refractivity contribution in [2.45, 2.75) is 44.2 Å². The molecule has 1 aliphatic carbocycles. The smallest absolute Gasteiger partial charge is 0.105 e. The van der Waals surface area contributed by atoms with Crippen LogP contribution < -0.4 is 5.32 Å². The standard InChI is InChI=1S/C12H19NO2/c14-12-6-2-1-5-11(12)13-8-7-10-4-3-9-15-10/h3-4,9,11-14H,1-2,5-8H2/t11-,12-/m0/s1. The third-order valence-corrected chi connectivity index (χ3v) is 3.09. The molecule has 0 amide bonds. The van der Waals surface area contributed by atoms with E-state index in [0.717, 1.165) is 38.0 Å². The molecule has 2 N–H and O–H groups in total. The predicted molar refractivity (Wildman–Crippen MR) is 58.7 cm³/mol. The number of nitrogens with one attached hydrogen (secondary N) is 1. The van der Waals surface area contributed by atoms with Gasteiger partial charge in [0.05, 0.1) is 12.4 Å². The zero-order valence-electron chi connectivity index (χ0n) is 8.98. The molecule has 0 saturated heterocycles. The molecular formula is C12H19NO2. The third kappa shape index (κ3) is 3.08. The van der Waals surface area contributed by atoms with E-state index >= 15 is 0 Å². The zero-order valence-corrected chi connectivity index (χ0v) is 8.98. The molecule has 3 nitrogen and oxygen atoms in total. The van der Waals surface area contributed by atoms with E-state index in [1.807, 2.05) is 12.1 Å². The van der Waals surface area contributed by atoms with Crippen LogP contribution in [0.2, 0.25) is 0 Å². The van der Waals surface area contributed by atoms with Crippen molar-refractivity contribution < 1.29 is 9.52 Å². The van der Waals surface area contributed by atoms with Crippen molar-refractivity contribution in [2.75, 3.05) is 6.54 Å². The first-order valence-electron chi connectivity index (χ1n) is 5.80. The number of aliphatic hydroxyl groups excluding tert-OH is 1. The molecular weight excluding hydrogens is 190 g/mol. The highest BCUT2D eigenvalue weighted by atomic mass is 16.3. The van der Waals surface area contributed by atoms with Gasteiger partial charge in [0.2, 0.25) is 0 Å². The highest BCUT2D eigenvalue weighted by Gasteiger charge is 2.21. The van der Waals surface area contributed by atoms with Crippen molar-refractivity contribution in [3.05, 3.63) is 24.2 Å². The number of rotatable bonds is 4. The van der Waals surface area contributed by atoms with Crippen LogP contribution >= 0.6 is 0 Å². The van der Waals surface area contributed by atoms with Crippen molar-refractivity contribution >= 4 is 0 Å². The number of aliphatic hydroxyl groups is 1. The first-order valence-corrected chi connectivity index (χ1v) is 5.80.